The van der Waals surface area contributed by atoms with Crippen molar-refractivity contribution in [2.75, 3.05) is 31.3 Å². The average molecular weight is 416 g/mol. The molecular weight excluding hydrogens is 386 g/mol. The molecule has 0 saturated carbocycles. The Balaban J connectivity index is 2.04. The van der Waals surface area contributed by atoms with Gasteiger partial charge in [0.2, 0.25) is 5.75 Å². The lowest BCUT2D eigenvalue weighted by molar-refractivity contribution is 0.0985. The summed E-state index contributed by atoms with van der Waals surface area (Å²) in [6.07, 6.45) is 0.929. The minimum atomic E-state index is -0.0582. The summed E-state index contributed by atoms with van der Waals surface area (Å²) in [6, 6.07) is 11.6. The van der Waals surface area contributed by atoms with Crippen LogP contribution in [0.3, 0.4) is 0 Å². The largest absolute Gasteiger partial charge is 0.490 e. The van der Waals surface area contributed by atoms with Crippen molar-refractivity contribution in [1.29, 1.82) is 0 Å². The highest BCUT2D eigenvalue weighted by atomic mass is 32.2. The monoisotopic (exact) mass is 415 g/mol. The van der Waals surface area contributed by atoms with Crippen LogP contribution in [0.15, 0.2) is 41.3 Å². The summed E-state index contributed by atoms with van der Waals surface area (Å²) in [6.45, 7) is 10.0. The van der Waals surface area contributed by atoms with Gasteiger partial charge < -0.3 is 19.1 Å². The van der Waals surface area contributed by atoms with Crippen molar-refractivity contribution < 1.29 is 19.0 Å². The molecular formula is C23H29NO4S. The average Bonchev–Trinajstić information content (AvgIpc) is 2.88. The van der Waals surface area contributed by atoms with Crippen LogP contribution in [0.2, 0.25) is 0 Å². The van der Waals surface area contributed by atoms with E-state index < -0.39 is 0 Å². The van der Waals surface area contributed by atoms with Crippen LogP contribution in [-0.4, -0.2) is 37.5 Å². The van der Waals surface area contributed by atoms with E-state index in [0.29, 0.717) is 54.4 Å². The van der Waals surface area contributed by atoms with E-state index >= 15 is 0 Å². The number of benzene rings is 2. The number of fused-ring (bicyclic) bond motifs is 1. The van der Waals surface area contributed by atoms with Gasteiger partial charge in [0.05, 0.1) is 25.5 Å². The van der Waals surface area contributed by atoms with Gasteiger partial charge in [0, 0.05) is 22.3 Å². The number of thioether (sulfide) groups is 1. The zero-order valence-electron chi connectivity index (χ0n) is 17.6. The van der Waals surface area contributed by atoms with Crippen LogP contribution >= 0.6 is 11.8 Å². The molecule has 0 saturated heterocycles. The Morgan fingerprint density at radius 2 is 1.66 bits per heavy atom. The number of carbonyl (C=O) groups excluding carboxylic acids is 1. The smallest absolute Gasteiger partial charge is 0.258 e. The number of para-hydroxylation sites is 1. The Morgan fingerprint density at radius 3 is 2.28 bits per heavy atom. The fourth-order valence-corrected chi connectivity index (χ4v) is 4.48. The van der Waals surface area contributed by atoms with Gasteiger partial charge in [-0.25, -0.2) is 0 Å². The van der Waals surface area contributed by atoms with E-state index in [1.807, 2.05) is 55.6 Å². The summed E-state index contributed by atoms with van der Waals surface area (Å²) in [5.74, 6) is 1.56. The number of ether oxygens (including phenoxy) is 3. The predicted octanol–water partition coefficient (Wildman–Crippen LogP) is 5.41. The number of rotatable bonds is 7. The standard InChI is InChI=1S/C23H29NO4S/c1-5-26-19-14-17(15-20(27-6-2)22(19)28-7-3)23(25)24-13-12-16(4)29-21-11-9-8-10-18(21)24/h8-11,14-16H,5-7,12-13H2,1-4H3. The molecule has 1 heterocycles. The van der Waals surface area contributed by atoms with Crippen LogP contribution in [0.25, 0.3) is 0 Å². The summed E-state index contributed by atoms with van der Waals surface area (Å²) in [7, 11) is 0. The summed E-state index contributed by atoms with van der Waals surface area (Å²) < 4.78 is 17.3. The van der Waals surface area contributed by atoms with E-state index in [0.717, 1.165) is 17.0 Å². The van der Waals surface area contributed by atoms with Gasteiger partial charge in [0.15, 0.2) is 11.5 Å². The van der Waals surface area contributed by atoms with Crippen LogP contribution in [0, 0.1) is 0 Å². The Bertz CT molecular complexity index is 828. The van der Waals surface area contributed by atoms with Crippen molar-refractivity contribution in [3.8, 4) is 17.2 Å². The molecule has 2 aromatic rings. The lowest BCUT2D eigenvalue weighted by Crippen LogP contribution is -2.32. The van der Waals surface area contributed by atoms with E-state index in [4.69, 9.17) is 14.2 Å². The number of amides is 1. The lowest BCUT2D eigenvalue weighted by atomic mass is 10.1. The molecule has 1 unspecified atom stereocenters. The van der Waals surface area contributed by atoms with E-state index in [2.05, 4.69) is 13.0 Å². The first-order valence-electron chi connectivity index (χ1n) is 10.2. The zero-order valence-corrected chi connectivity index (χ0v) is 18.4. The Hall–Kier alpha value is -2.34. The quantitative estimate of drug-likeness (QED) is 0.605. The molecule has 0 spiro atoms. The minimum absolute atomic E-state index is 0.0582. The second kappa shape index (κ2) is 9.92. The van der Waals surface area contributed by atoms with Gasteiger partial charge in [-0.2, -0.15) is 0 Å². The molecule has 1 amide bonds. The topological polar surface area (TPSA) is 48.0 Å². The van der Waals surface area contributed by atoms with Gasteiger partial charge in [-0.3, -0.25) is 4.79 Å². The molecule has 1 atom stereocenters. The SMILES string of the molecule is CCOc1cc(C(=O)N2CCC(C)Sc3ccccc32)cc(OCC)c1OCC. The first-order chi connectivity index (χ1) is 14.1. The first kappa shape index (κ1) is 21.4. The summed E-state index contributed by atoms with van der Waals surface area (Å²) >= 11 is 1.82. The van der Waals surface area contributed by atoms with E-state index in [1.54, 1.807) is 12.1 Å². The Kier molecular flexibility index (Phi) is 7.31. The summed E-state index contributed by atoms with van der Waals surface area (Å²) in [4.78, 5) is 16.6. The fraction of sp³-hybridized carbons (Fsp3) is 0.435. The number of carbonyl (C=O) groups is 1. The molecule has 0 N–H and O–H groups in total. The Labute approximate surface area is 177 Å². The summed E-state index contributed by atoms with van der Waals surface area (Å²) in [5.41, 5.74) is 1.49. The molecule has 1 aliphatic heterocycles. The maximum atomic E-state index is 13.6. The molecule has 1 aliphatic rings. The van der Waals surface area contributed by atoms with E-state index in [9.17, 15) is 4.79 Å². The second-order valence-electron chi connectivity index (χ2n) is 6.74. The van der Waals surface area contributed by atoms with Crippen molar-refractivity contribution in [1.82, 2.24) is 0 Å². The molecule has 5 nitrogen and oxygen atoms in total. The van der Waals surface area contributed by atoms with Crippen molar-refractivity contribution in [2.24, 2.45) is 0 Å². The van der Waals surface area contributed by atoms with Crippen LogP contribution < -0.4 is 19.1 Å². The van der Waals surface area contributed by atoms with Gasteiger partial charge in [0.25, 0.3) is 5.91 Å². The second-order valence-corrected chi connectivity index (χ2v) is 8.22. The molecule has 156 valence electrons. The van der Waals surface area contributed by atoms with Gasteiger partial charge in [-0.05, 0) is 51.5 Å². The molecule has 6 heteroatoms. The molecule has 0 fully saturated rings. The third kappa shape index (κ3) is 4.81. The molecule has 0 radical (unpaired) electrons. The number of nitrogens with zero attached hydrogens (tertiary/aromatic N) is 1. The lowest BCUT2D eigenvalue weighted by Gasteiger charge is -2.24. The normalized spacial score (nSPS) is 16.0. The molecule has 0 bridgehead atoms. The Morgan fingerprint density at radius 1 is 1.03 bits per heavy atom. The van der Waals surface area contributed by atoms with Crippen LogP contribution in [-0.2, 0) is 0 Å². The highest BCUT2D eigenvalue weighted by Crippen LogP contribution is 2.41. The van der Waals surface area contributed by atoms with Crippen LogP contribution in [0.5, 0.6) is 17.2 Å². The predicted molar refractivity (Wildman–Crippen MR) is 118 cm³/mol. The molecule has 29 heavy (non-hydrogen) atoms. The third-order valence-electron chi connectivity index (χ3n) is 4.64. The van der Waals surface area contributed by atoms with E-state index in [1.165, 1.54) is 0 Å². The maximum absolute atomic E-state index is 13.6. The van der Waals surface area contributed by atoms with Gasteiger partial charge in [-0.1, -0.05) is 19.1 Å². The van der Waals surface area contributed by atoms with Gasteiger partial charge in [-0.15, -0.1) is 11.8 Å². The van der Waals surface area contributed by atoms with Gasteiger partial charge in [0.1, 0.15) is 0 Å². The molecule has 0 aromatic heterocycles. The highest BCUT2D eigenvalue weighted by molar-refractivity contribution is 8.00. The van der Waals surface area contributed by atoms with Gasteiger partial charge >= 0.3 is 0 Å². The number of hydrogen-bond donors (Lipinski definition) is 0. The van der Waals surface area contributed by atoms with E-state index in [-0.39, 0.29) is 5.91 Å². The molecule has 3 rings (SSSR count). The molecule has 0 aliphatic carbocycles. The van der Waals surface area contributed by atoms with Crippen molar-refractivity contribution >= 4 is 23.4 Å². The zero-order chi connectivity index (χ0) is 20.8. The highest BCUT2D eigenvalue weighted by Gasteiger charge is 2.27. The minimum Gasteiger partial charge on any atom is -0.490 e. The van der Waals surface area contributed by atoms with Crippen molar-refractivity contribution in [2.45, 2.75) is 44.3 Å². The number of hydrogen-bond acceptors (Lipinski definition) is 5. The first-order valence-corrected chi connectivity index (χ1v) is 11.1. The maximum Gasteiger partial charge on any atom is 0.258 e. The molecule has 2 aromatic carbocycles. The van der Waals surface area contributed by atoms with Crippen molar-refractivity contribution in [3.05, 3.63) is 42.0 Å². The van der Waals surface area contributed by atoms with Crippen LogP contribution in [0.4, 0.5) is 5.69 Å². The van der Waals surface area contributed by atoms with Crippen molar-refractivity contribution in [3.63, 3.8) is 0 Å². The number of anilines is 1. The third-order valence-corrected chi connectivity index (χ3v) is 5.88. The fourth-order valence-electron chi connectivity index (χ4n) is 3.37. The van der Waals surface area contributed by atoms with Crippen LogP contribution in [0.1, 0.15) is 44.5 Å². The summed E-state index contributed by atoms with van der Waals surface area (Å²) in [5, 5.41) is 0.451.